The maximum absolute atomic E-state index is 12.3. The lowest BCUT2D eigenvalue weighted by atomic mass is 10.1. The summed E-state index contributed by atoms with van der Waals surface area (Å²) < 4.78 is 0. The third-order valence-corrected chi connectivity index (χ3v) is 7.45. The standard InChI is InChI=1S/C35H65NO4/c1-3-5-7-9-11-13-15-16-17-18-19-20-22-23-25-27-29-33(38)32(31-37)36-35(40)34(39)30-28-26-24-21-14-12-10-8-6-4-2/h10,12,20,22,27,29,32-34,37-39H,3-9,11,13-19,21,23-26,28,30-31H2,1-2H3,(H,36,40)/b12-10-,22-20+,29-27+. The number of carbonyl (C=O) groups is 1. The van der Waals surface area contributed by atoms with E-state index in [2.05, 4.69) is 43.5 Å². The fourth-order valence-corrected chi connectivity index (χ4v) is 4.71. The molecule has 0 spiro atoms. The van der Waals surface area contributed by atoms with Crippen LogP contribution >= 0.6 is 0 Å². The van der Waals surface area contributed by atoms with E-state index in [1.54, 1.807) is 6.08 Å². The number of amides is 1. The first-order valence-corrected chi connectivity index (χ1v) is 16.8. The fraction of sp³-hybridized carbons (Fsp3) is 0.800. The van der Waals surface area contributed by atoms with Crippen molar-refractivity contribution >= 4 is 5.91 Å². The van der Waals surface area contributed by atoms with E-state index in [0.717, 1.165) is 57.8 Å². The first-order valence-electron chi connectivity index (χ1n) is 16.8. The van der Waals surface area contributed by atoms with Gasteiger partial charge in [-0.2, -0.15) is 0 Å². The molecule has 0 aromatic carbocycles. The van der Waals surface area contributed by atoms with Crippen molar-refractivity contribution in [3.05, 3.63) is 36.5 Å². The second-order valence-electron chi connectivity index (χ2n) is 11.4. The molecule has 5 heteroatoms. The predicted octanol–water partition coefficient (Wildman–Crippen LogP) is 8.48. The monoisotopic (exact) mass is 563 g/mol. The molecule has 1 amide bonds. The van der Waals surface area contributed by atoms with Gasteiger partial charge in [-0.1, -0.05) is 140 Å². The molecule has 3 unspecified atom stereocenters. The molecule has 5 nitrogen and oxygen atoms in total. The molecule has 0 fully saturated rings. The van der Waals surface area contributed by atoms with Gasteiger partial charge in [0.2, 0.25) is 5.91 Å². The van der Waals surface area contributed by atoms with Gasteiger partial charge in [0, 0.05) is 0 Å². The number of hydrogen-bond donors (Lipinski definition) is 4. The van der Waals surface area contributed by atoms with Crippen molar-refractivity contribution in [3.8, 4) is 0 Å². The molecular formula is C35H65NO4. The lowest BCUT2D eigenvalue weighted by Crippen LogP contribution is -2.48. The Morgan fingerprint density at radius 1 is 0.600 bits per heavy atom. The maximum Gasteiger partial charge on any atom is 0.249 e. The van der Waals surface area contributed by atoms with Crippen molar-refractivity contribution in [2.45, 2.75) is 173 Å². The van der Waals surface area contributed by atoms with Crippen LogP contribution in [0.4, 0.5) is 0 Å². The van der Waals surface area contributed by atoms with E-state index in [0.29, 0.717) is 6.42 Å². The van der Waals surface area contributed by atoms with E-state index in [1.165, 1.54) is 77.0 Å². The number of unbranched alkanes of at least 4 members (excludes halogenated alkanes) is 17. The fourth-order valence-electron chi connectivity index (χ4n) is 4.71. The smallest absolute Gasteiger partial charge is 0.249 e. The molecule has 0 aromatic heterocycles. The van der Waals surface area contributed by atoms with Crippen molar-refractivity contribution in [1.29, 1.82) is 0 Å². The summed E-state index contributed by atoms with van der Waals surface area (Å²) in [6, 6.07) is -0.815. The number of hydrogen-bond acceptors (Lipinski definition) is 4. The van der Waals surface area contributed by atoms with Gasteiger partial charge in [-0.25, -0.2) is 0 Å². The van der Waals surface area contributed by atoms with Gasteiger partial charge in [0.1, 0.15) is 6.10 Å². The molecule has 0 aliphatic carbocycles. The van der Waals surface area contributed by atoms with E-state index in [9.17, 15) is 20.1 Å². The largest absolute Gasteiger partial charge is 0.394 e. The summed E-state index contributed by atoms with van der Waals surface area (Å²) in [5, 5.41) is 32.7. The number of allylic oxidation sites excluding steroid dienone is 5. The Morgan fingerprint density at radius 3 is 1.60 bits per heavy atom. The molecule has 0 aromatic rings. The van der Waals surface area contributed by atoms with Crippen LogP contribution in [0.1, 0.15) is 155 Å². The molecule has 0 saturated carbocycles. The topological polar surface area (TPSA) is 89.8 Å². The van der Waals surface area contributed by atoms with E-state index in [4.69, 9.17) is 0 Å². The number of aliphatic hydroxyl groups is 3. The van der Waals surface area contributed by atoms with Gasteiger partial charge in [-0.15, -0.1) is 0 Å². The zero-order valence-electron chi connectivity index (χ0n) is 26.2. The van der Waals surface area contributed by atoms with Crippen LogP contribution in [-0.2, 0) is 4.79 Å². The summed E-state index contributed by atoms with van der Waals surface area (Å²) >= 11 is 0. The molecule has 0 aliphatic heterocycles. The van der Waals surface area contributed by atoms with Crippen LogP contribution in [0.2, 0.25) is 0 Å². The van der Waals surface area contributed by atoms with Gasteiger partial charge in [0.05, 0.1) is 18.8 Å². The Morgan fingerprint density at radius 2 is 1.05 bits per heavy atom. The summed E-state index contributed by atoms with van der Waals surface area (Å²) in [6.07, 6.45) is 35.9. The zero-order chi connectivity index (χ0) is 29.5. The lowest BCUT2D eigenvalue weighted by Gasteiger charge is -2.21. The zero-order valence-corrected chi connectivity index (χ0v) is 26.2. The first kappa shape index (κ1) is 38.6. The molecule has 40 heavy (non-hydrogen) atoms. The van der Waals surface area contributed by atoms with Gasteiger partial charge < -0.3 is 20.6 Å². The first-order chi connectivity index (χ1) is 19.6. The van der Waals surface area contributed by atoms with Gasteiger partial charge in [0.15, 0.2) is 0 Å². The van der Waals surface area contributed by atoms with Gasteiger partial charge in [0.25, 0.3) is 0 Å². The van der Waals surface area contributed by atoms with Crippen LogP contribution in [0.3, 0.4) is 0 Å². The van der Waals surface area contributed by atoms with Crippen LogP contribution in [0.15, 0.2) is 36.5 Å². The minimum Gasteiger partial charge on any atom is -0.394 e. The van der Waals surface area contributed by atoms with Crippen LogP contribution < -0.4 is 5.32 Å². The van der Waals surface area contributed by atoms with Gasteiger partial charge >= 0.3 is 0 Å². The Hall–Kier alpha value is -1.43. The summed E-state index contributed by atoms with van der Waals surface area (Å²) in [6.45, 7) is 4.08. The average Bonchev–Trinajstić information content (AvgIpc) is 2.96. The SMILES string of the molecule is CCCC/C=C\CCCCCCC(O)C(=O)NC(CO)C(O)/C=C/CC/C=C/CCCCCCCCCCCC. The Balaban J connectivity index is 3.86. The predicted molar refractivity (Wildman–Crippen MR) is 171 cm³/mol. The molecule has 0 bridgehead atoms. The van der Waals surface area contributed by atoms with Crippen molar-refractivity contribution in [3.63, 3.8) is 0 Å². The van der Waals surface area contributed by atoms with E-state index < -0.39 is 24.2 Å². The molecule has 0 saturated heterocycles. The van der Waals surface area contributed by atoms with E-state index in [-0.39, 0.29) is 6.61 Å². The van der Waals surface area contributed by atoms with Gasteiger partial charge in [-0.05, 0) is 51.4 Å². The van der Waals surface area contributed by atoms with Crippen molar-refractivity contribution < 1.29 is 20.1 Å². The molecule has 0 heterocycles. The highest BCUT2D eigenvalue weighted by Crippen LogP contribution is 2.12. The molecule has 0 aliphatic rings. The minimum atomic E-state index is -1.11. The number of rotatable bonds is 29. The number of aliphatic hydroxyl groups excluding tert-OH is 3. The second kappa shape index (κ2) is 30.5. The van der Waals surface area contributed by atoms with Crippen LogP contribution in [0.25, 0.3) is 0 Å². The van der Waals surface area contributed by atoms with E-state index in [1.807, 2.05) is 6.08 Å². The van der Waals surface area contributed by atoms with Crippen LogP contribution in [-0.4, -0.2) is 46.1 Å². The maximum atomic E-state index is 12.3. The molecular weight excluding hydrogens is 498 g/mol. The van der Waals surface area contributed by atoms with Crippen LogP contribution in [0, 0.1) is 0 Å². The summed E-state index contributed by atoms with van der Waals surface area (Å²) in [5.74, 6) is -0.528. The highest BCUT2D eigenvalue weighted by atomic mass is 16.3. The molecule has 4 N–H and O–H groups in total. The second-order valence-corrected chi connectivity index (χ2v) is 11.4. The number of carbonyl (C=O) groups excluding carboxylic acids is 1. The molecule has 3 atom stereocenters. The Kier molecular flexibility index (Phi) is 29.4. The minimum absolute atomic E-state index is 0.380. The summed E-state index contributed by atoms with van der Waals surface area (Å²) in [5.41, 5.74) is 0. The van der Waals surface area contributed by atoms with Gasteiger partial charge in [-0.3, -0.25) is 4.79 Å². The normalized spacial score (nSPS) is 14.4. The summed E-state index contributed by atoms with van der Waals surface area (Å²) in [7, 11) is 0. The average molecular weight is 564 g/mol. The third-order valence-electron chi connectivity index (χ3n) is 7.45. The molecule has 0 rings (SSSR count). The quantitative estimate of drug-likeness (QED) is 0.0543. The van der Waals surface area contributed by atoms with E-state index >= 15 is 0 Å². The van der Waals surface area contributed by atoms with Crippen molar-refractivity contribution in [1.82, 2.24) is 5.32 Å². The van der Waals surface area contributed by atoms with Crippen LogP contribution in [0.5, 0.6) is 0 Å². The highest BCUT2D eigenvalue weighted by Gasteiger charge is 2.22. The Labute approximate surface area is 247 Å². The molecule has 234 valence electrons. The third kappa shape index (κ3) is 25.5. The summed E-state index contributed by atoms with van der Waals surface area (Å²) in [4.78, 5) is 12.3. The van der Waals surface area contributed by atoms with Crippen molar-refractivity contribution in [2.24, 2.45) is 0 Å². The van der Waals surface area contributed by atoms with Crippen molar-refractivity contribution in [2.75, 3.05) is 6.61 Å². The highest BCUT2D eigenvalue weighted by molar-refractivity contribution is 5.80. The Bertz CT molecular complexity index is 631. The lowest BCUT2D eigenvalue weighted by molar-refractivity contribution is -0.131. The number of nitrogens with one attached hydrogen (secondary N) is 1. The molecule has 0 radical (unpaired) electrons.